The van der Waals surface area contributed by atoms with E-state index in [4.69, 9.17) is 11.5 Å². The quantitative estimate of drug-likeness (QED) is 0.117. The number of rotatable bonds is 13. The SMILES string of the molecule is Cc1ccc(S(=O)(=O)NC(N)=NCCC[C@H](N)C(=O)N[C@H](C(=O)N[C@H](CO)Cc2ccccc2)C(C)(C)C)cc1. The van der Waals surface area contributed by atoms with Gasteiger partial charge in [0.25, 0.3) is 10.0 Å². The Balaban J connectivity index is 1.89. The zero-order chi connectivity index (χ0) is 29.9. The summed E-state index contributed by atoms with van der Waals surface area (Å²) in [5.41, 5.74) is 13.1. The second kappa shape index (κ2) is 14.8. The van der Waals surface area contributed by atoms with Crippen molar-refractivity contribution in [3.8, 4) is 0 Å². The highest BCUT2D eigenvalue weighted by molar-refractivity contribution is 7.90. The van der Waals surface area contributed by atoms with Gasteiger partial charge in [-0.2, -0.15) is 0 Å². The van der Waals surface area contributed by atoms with Crippen LogP contribution in [0.25, 0.3) is 0 Å². The molecule has 0 fully saturated rings. The maximum atomic E-state index is 13.1. The van der Waals surface area contributed by atoms with E-state index in [1.165, 1.54) is 12.1 Å². The molecule has 2 aromatic rings. The molecule has 8 N–H and O–H groups in total. The fourth-order valence-corrected chi connectivity index (χ4v) is 4.81. The second-order valence-electron chi connectivity index (χ2n) is 10.8. The number of aryl methyl sites for hydroxylation is 1. The minimum absolute atomic E-state index is 0.0674. The van der Waals surface area contributed by atoms with E-state index in [-0.39, 0.29) is 30.4 Å². The Kier molecular flexibility index (Phi) is 12.1. The molecule has 0 saturated heterocycles. The summed E-state index contributed by atoms with van der Waals surface area (Å²) in [6.45, 7) is 7.21. The molecule has 0 heterocycles. The highest BCUT2D eigenvalue weighted by Gasteiger charge is 2.34. The van der Waals surface area contributed by atoms with Crippen LogP contribution < -0.4 is 26.8 Å². The summed E-state index contributed by atoms with van der Waals surface area (Å²) in [6, 6.07) is 13.5. The lowest BCUT2D eigenvalue weighted by atomic mass is 9.85. The standard InChI is InChI=1S/C28H42N6O5S/c1-19-12-14-22(15-13-19)40(38,39)34-27(30)31-16-8-11-23(29)25(36)33-24(28(2,3)4)26(37)32-21(18-35)17-20-9-6-5-7-10-20/h5-7,9-10,12-15,21,23-24,35H,8,11,16-18,29H2,1-4H3,(H,32,37)(H,33,36)(H3,30,31,34)/t21-,23-,24+/m0/s1. The summed E-state index contributed by atoms with van der Waals surface area (Å²) in [7, 11) is -3.86. The van der Waals surface area contributed by atoms with Crippen LogP contribution in [-0.2, 0) is 26.0 Å². The van der Waals surface area contributed by atoms with Crippen molar-refractivity contribution in [3.05, 3.63) is 65.7 Å². The molecule has 0 saturated carbocycles. The molecule has 2 rings (SSSR count). The average Bonchev–Trinajstić information content (AvgIpc) is 2.88. The molecular formula is C28H42N6O5S. The van der Waals surface area contributed by atoms with Gasteiger partial charge in [0, 0.05) is 6.54 Å². The molecule has 2 aromatic carbocycles. The maximum absolute atomic E-state index is 13.1. The number of aliphatic hydroxyl groups is 1. The summed E-state index contributed by atoms with van der Waals surface area (Å²) >= 11 is 0. The lowest BCUT2D eigenvalue weighted by molar-refractivity contribution is -0.132. The smallest absolute Gasteiger partial charge is 0.264 e. The molecule has 0 aliphatic carbocycles. The van der Waals surface area contributed by atoms with Crippen LogP contribution in [0, 0.1) is 12.3 Å². The van der Waals surface area contributed by atoms with Gasteiger partial charge < -0.3 is 27.2 Å². The summed E-state index contributed by atoms with van der Waals surface area (Å²) in [4.78, 5) is 30.0. The number of aliphatic hydroxyl groups excluding tert-OH is 1. The van der Waals surface area contributed by atoms with Gasteiger partial charge in [0.05, 0.1) is 23.6 Å². The first kappa shape index (κ1) is 32.7. The van der Waals surface area contributed by atoms with Crippen molar-refractivity contribution < 1.29 is 23.1 Å². The number of carbonyl (C=O) groups excluding carboxylic acids is 2. The minimum atomic E-state index is -3.86. The molecule has 3 atom stereocenters. The van der Waals surface area contributed by atoms with Crippen molar-refractivity contribution in [3.63, 3.8) is 0 Å². The Morgan fingerprint density at radius 3 is 2.20 bits per heavy atom. The van der Waals surface area contributed by atoms with Crippen LogP contribution in [0.5, 0.6) is 0 Å². The van der Waals surface area contributed by atoms with Crippen LogP contribution in [0.1, 0.15) is 44.7 Å². The van der Waals surface area contributed by atoms with Crippen molar-refractivity contribution >= 4 is 27.8 Å². The van der Waals surface area contributed by atoms with Crippen molar-refractivity contribution in [2.24, 2.45) is 21.9 Å². The lowest BCUT2D eigenvalue weighted by Gasteiger charge is -2.32. The number of hydrogen-bond donors (Lipinski definition) is 6. The van der Waals surface area contributed by atoms with Gasteiger partial charge in [-0.15, -0.1) is 0 Å². The number of nitrogens with two attached hydrogens (primary N) is 2. The fraction of sp³-hybridized carbons (Fsp3) is 0.464. The third kappa shape index (κ3) is 10.6. The topological polar surface area (TPSA) is 189 Å². The molecular weight excluding hydrogens is 532 g/mol. The summed E-state index contributed by atoms with van der Waals surface area (Å²) < 4.78 is 27.0. The average molecular weight is 575 g/mol. The molecule has 0 aliphatic heterocycles. The molecule has 0 bridgehead atoms. The number of nitrogens with zero attached hydrogens (tertiary/aromatic N) is 1. The van der Waals surface area contributed by atoms with E-state index in [9.17, 15) is 23.1 Å². The van der Waals surface area contributed by atoms with Gasteiger partial charge in [0.15, 0.2) is 0 Å². The first-order valence-electron chi connectivity index (χ1n) is 13.1. The van der Waals surface area contributed by atoms with Crippen LogP contribution >= 0.6 is 0 Å². The van der Waals surface area contributed by atoms with Crippen LogP contribution in [-0.4, -0.2) is 62.6 Å². The van der Waals surface area contributed by atoms with Crippen LogP contribution in [0.2, 0.25) is 0 Å². The lowest BCUT2D eigenvalue weighted by Crippen LogP contribution is -2.58. The number of benzene rings is 2. The molecule has 0 unspecified atom stereocenters. The van der Waals surface area contributed by atoms with Gasteiger partial charge in [-0.05, 0) is 49.3 Å². The second-order valence-corrected chi connectivity index (χ2v) is 12.5. The van der Waals surface area contributed by atoms with E-state index >= 15 is 0 Å². The number of aliphatic imine (C=N–C) groups is 1. The first-order valence-corrected chi connectivity index (χ1v) is 14.6. The molecule has 0 radical (unpaired) electrons. The third-order valence-corrected chi connectivity index (χ3v) is 7.54. The summed E-state index contributed by atoms with van der Waals surface area (Å²) in [6.07, 6.45) is 1.04. The van der Waals surface area contributed by atoms with Gasteiger partial charge >= 0.3 is 0 Å². The first-order chi connectivity index (χ1) is 18.7. The summed E-state index contributed by atoms with van der Waals surface area (Å²) in [5, 5.41) is 15.4. The van der Waals surface area contributed by atoms with E-state index in [1.807, 2.05) is 58.0 Å². The minimum Gasteiger partial charge on any atom is -0.394 e. The molecule has 0 aliphatic rings. The molecule has 12 heteroatoms. The van der Waals surface area contributed by atoms with E-state index in [0.29, 0.717) is 12.8 Å². The molecule has 220 valence electrons. The highest BCUT2D eigenvalue weighted by Crippen LogP contribution is 2.20. The Bertz CT molecular complexity index is 1240. The van der Waals surface area contributed by atoms with Crippen LogP contribution in [0.4, 0.5) is 0 Å². The Labute approximate surface area is 236 Å². The number of carbonyl (C=O) groups is 2. The Morgan fingerprint density at radius 2 is 1.62 bits per heavy atom. The molecule has 40 heavy (non-hydrogen) atoms. The number of guanidine groups is 1. The van der Waals surface area contributed by atoms with Gasteiger partial charge in [0.1, 0.15) is 6.04 Å². The zero-order valence-corrected chi connectivity index (χ0v) is 24.4. The van der Waals surface area contributed by atoms with Gasteiger partial charge in [-0.3, -0.25) is 14.6 Å². The number of sulfonamides is 1. The molecule has 0 spiro atoms. The van der Waals surface area contributed by atoms with Crippen molar-refractivity contribution in [1.29, 1.82) is 0 Å². The number of nitrogens with one attached hydrogen (secondary N) is 3. The highest BCUT2D eigenvalue weighted by atomic mass is 32.2. The van der Waals surface area contributed by atoms with Crippen LogP contribution in [0.15, 0.2) is 64.5 Å². The summed E-state index contributed by atoms with van der Waals surface area (Å²) in [5.74, 6) is -1.19. The van der Waals surface area contributed by atoms with Gasteiger partial charge in [0.2, 0.25) is 17.8 Å². The van der Waals surface area contributed by atoms with Crippen molar-refractivity contribution in [2.75, 3.05) is 13.2 Å². The predicted molar refractivity (Wildman–Crippen MR) is 156 cm³/mol. The van der Waals surface area contributed by atoms with Gasteiger partial charge in [-0.1, -0.05) is 68.8 Å². The Morgan fingerprint density at radius 1 is 1.00 bits per heavy atom. The van der Waals surface area contributed by atoms with E-state index in [2.05, 4.69) is 20.3 Å². The number of hydrogen-bond acceptors (Lipinski definition) is 7. The Hall–Kier alpha value is -3.48. The number of amides is 2. The maximum Gasteiger partial charge on any atom is 0.264 e. The van der Waals surface area contributed by atoms with Crippen molar-refractivity contribution in [1.82, 2.24) is 15.4 Å². The third-order valence-electron chi connectivity index (χ3n) is 6.17. The zero-order valence-electron chi connectivity index (χ0n) is 23.6. The van der Waals surface area contributed by atoms with Crippen LogP contribution in [0.3, 0.4) is 0 Å². The normalized spacial score (nSPS) is 14.6. The largest absolute Gasteiger partial charge is 0.394 e. The molecule has 11 nitrogen and oxygen atoms in total. The fourth-order valence-electron chi connectivity index (χ4n) is 3.86. The van der Waals surface area contributed by atoms with E-state index < -0.39 is 45.4 Å². The van der Waals surface area contributed by atoms with Gasteiger partial charge in [-0.25, -0.2) is 13.1 Å². The monoisotopic (exact) mass is 574 g/mol. The predicted octanol–water partition coefficient (Wildman–Crippen LogP) is 0.946. The van der Waals surface area contributed by atoms with E-state index in [0.717, 1.165) is 11.1 Å². The van der Waals surface area contributed by atoms with E-state index in [1.54, 1.807) is 12.1 Å². The molecule has 0 aromatic heterocycles. The van der Waals surface area contributed by atoms with Crippen molar-refractivity contribution in [2.45, 2.75) is 70.0 Å². The molecule has 2 amide bonds.